The van der Waals surface area contributed by atoms with Crippen LogP contribution in [0.3, 0.4) is 0 Å². The first kappa shape index (κ1) is 8.29. The molecule has 0 radical (unpaired) electrons. The van der Waals surface area contributed by atoms with Crippen molar-refractivity contribution in [1.82, 2.24) is 9.88 Å². The molecule has 0 saturated carbocycles. The van der Waals surface area contributed by atoms with Gasteiger partial charge in [0, 0.05) is 18.5 Å². The smallest absolute Gasteiger partial charge is 0.184 e. The molecule has 3 nitrogen and oxygen atoms in total. The Labute approximate surface area is 80.4 Å². The number of hydrogen-bond acceptors (Lipinski definition) is 4. The zero-order valence-corrected chi connectivity index (χ0v) is 8.32. The number of likely N-dealkylation sites (tertiary alicyclic amines) is 1. The molecule has 1 fully saturated rings. The van der Waals surface area contributed by atoms with Gasteiger partial charge in [0.25, 0.3) is 0 Å². The summed E-state index contributed by atoms with van der Waals surface area (Å²) in [5.41, 5.74) is 0. The Morgan fingerprint density at radius 1 is 1.75 bits per heavy atom. The van der Waals surface area contributed by atoms with Crippen LogP contribution in [-0.4, -0.2) is 36.1 Å². The maximum absolute atomic E-state index is 5.68. The first-order valence-corrected chi connectivity index (χ1v) is 5.06. The van der Waals surface area contributed by atoms with Gasteiger partial charge >= 0.3 is 0 Å². The quantitative estimate of drug-likeness (QED) is 0.790. The van der Waals surface area contributed by atoms with Crippen LogP contribution in [0.1, 0.15) is 0 Å². The van der Waals surface area contributed by atoms with Crippen molar-refractivity contribution in [3.8, 4) is 0 Å². The summed E-state index contributed by atoms with van der Waals surface area (Å²) in [4.78, 5) is 6.37. The molecule has 0 spiro atoms. The van der Waals surface area contributed by atoms with Gasteiger partial charge in [0.05, 0.1) is 6.04 Å². The normalized spacial score (nSPS) is 19.2. The van der Waals surface area contributed by atoms with E-state index in [-0.39, 0.29) is 0 Å². The molecular formula is C7H10ClN3S. The highest BCUT2D eigenvalue weighted by Gasteiger charge is 2.23. The molecule has 12 heavy (non-hydrogen) atoms. The average molecular weight is 204 g/mol. The molecule has 2 rings (SSSR count). The fourth-order valence-electron chi connectivity index (χ4n) is 1.29. The van der Waals surface area contributed by atoms with Crippen LogP contribution in [0.25, 0.3) is 0 Å². The third-order valence-corrected chi connectivity index (χ3v) is 2.96. The number of nitrogens with one attached hydrogen (secondary N) is 1. The number of thiazole rings is 1. The third kappa shape index (κ3) is 1.71. The molecule has 5 heteroatoms. The monoisotopic (exact) mass is 203 g/mol. The van der Waals surface area contributed by atoms with Crippen LogP contribution in [-0.2, 0) is 0 Å². The van der Waals surface area contributed by atoms with Crippen molar-refractivity contribution < 1.29 is 0 Å². The number of halogens is 1. The Balaban J connectivity index is 1.88. The van der Waals surface area contributed by atoms with Crippen LogP contribution in [0.2, 0.25) is 5.15 Å². The molecule has 1 saturated heterocycles. The van der Waals surface area contributed by atoms with Gasteiger partial charge in [0.15, 0.2) is 5.13 Å². The molecule has 66 valence electrons. The second kappa shape index (κ2) is 3.20. The number of anilines is 1. The van der Waals surface area contributed by atoms with Crippen LogP contribution in [0.5, 0.6) is 0 Å². The van der Waals surface area contributed by atoms with Crippen molar-refractivity contribution in [1.29, 1.82) is 0 Å². The van der Waals surface area contributed by atoms with Gasteiger partial charge in [-0.15, -0.1) is 11.3 Å². The van der Waals surface area contributed by atoms with Gasteiger partial charge in [-0.3, -0.25) is 0 Å². The van der Waals surface area contributed by atoms with Crippen molar-refractivity contribution in [3.63, 3.8) is 0 Å². The van der Waals surface area contributed by atoms with E-state index in [2.05, 4.69) is 22.2 Å². The van der Waals surface area contributed by atoms with Crippen LogP contribution >= 0.6 is 22.9 Å². The topological polar surface area (TPSA) is 28.2 Å². The van der Waals surface area contributed by atoms with Crippen LogP contribution in [0, 0.1) is 0 Å². The predicted octanol–water partition coefficient (Wildman–Crippen LogP) is 1.52. The van der Waals surface area contributed by atoms with Crippen molar-refractivity contribution in [2.45, 2.75) is 6.04 Å². The van der Waals surface area contributed by atoms with E-state index in [1.807, 2.05) is 5.38 Å². The van der Waals surface area contributed by atoms with Gasteiger partial charge in [0.2, 0.25) is 0 Å². The second-order valence-corrected chi connectivity index (χ2v) is 4.28. The molecule has 0 aliphatic carbocycles. The Bertz CT molecular complexity index is 269. The first-order valence-electron chi connectivity index (χ1n) is 3.80. The lowest BCUT2D eigenvalue weighted by atomic mass is 10.1. The highest BCUT2D eigenvalue weighted by Crippen LogP contribution is 2.21. The molecule has 0 bridgehead atoms. The van der Waals surface area contributed by atoms with E-state index < -0.39 is 0 Å². The number of aromatic nitrogens is 1. The van der Waals surface area contributed by atoms with Crippen molar-refractivity contribution >= 4 is 28.1 Å². The molecule has 1 aliphatic heterocycles. The molecular weight excluding hydrogens is 194 g/mol. The maximum Gasteiger partial charge on any atom is 0.184 e. The van der Waals surface area contributed by atoms with E-state index in [1.165, 1.54) is 0 Å². The summed E-state index contributed by atoms with van der Waals surface area (Å²) >= 11 is 7.24. The van der Waals surface area contributed by atoms with E-state index >= 15 is 0 Å². The predicted molar refractivity (Wildman–Crippen MR) is 52.0 cm³/mol. The van der Waals surface area contributed by atoms with Crippen molar-refractivity contribution in [3.05, 3.63) is 10.5 Å². The maximum atomic E-state index is 5.68. The molecule has 1 N–H and O–H groups in total. The third-order valence-electron chi connectivity index (χ3n) is 1.87. The summed E-state index contributed by atoms with van der Waals surface area (Å²) in [5, 5.41) is 6.66. The summed E-state index contributed by atoms with van der Waals surface area (Å²) in [6.07, 6.45) is 0. The van der Waals surface area contributed by atoms with Gasteiger partial charge in [-0.1, -0.05) is 11.6 Å². The van der Waals surface area contributed by atoms with Crippen molar-refractivity contribution in [2.24, 2.45) is 0 Å². The Morgan fingerprint density at radius 2 is 2.50 bits per heavy atom. The molecule has 0 aromatic carbocycles. The van der Waals surface area contributed by atoms with E-state index in [9.17, 15) is 0 Å². The van der Waals surface area contributed by atoms with Gasteiger partial charge in [-0.25, -0.2) is 4.98 Å². The zero-order chi connectivity index (χ0) is 8.55. The zero-order valence-electron chi connectivity index (χ0n) is 6.75. The fourth-order valence-corrected chi connectivity index (χ4v) is 2.20. The SMILES string of the molecule is CN1CC(Nc2nc(Cl)cs2)C1. The second-order valence-electron chi connectivity index (χ2n) is 3.04. The molecule has 1 aromatic rings. The van der Waals surface area contributed by atoms with E-state index in [0.717, 1.165) is 18.2 Å². The summed E-state index contributed by atoms with van der Waals surface area (Å²) in [5.74, 6) is 0. The van der Waals surface area contributed by atoms with Crippen molar-refractivity contribution in [2.75, 3.05) is 25.5 Å². The van der Waals surface area contributed by atoms with Gasteiger partial charge in [0.1, 0.15) is 5.15 Å². The standard InChI is InChI=1S/C7H10ClN3S/c1-11-2-5(3-11)9-7-10-6(8)4-12-7/h4-5H,2-3H2,1H3,(H,9,10). The molecule has 0 atom stereocenters. The van der Waals surface area contributed by atoms with Gasteiger partial charge < -0.3 is 10.2 Å². The summed E-state index contributed by atoms with van der Waals surface area (Å²) < 4.78 is 0. The summed E-state index contributed by atoms with van der Waals surface area (Å²) in [7, 11) is 2.10. The minimum atomic E-state index is 0.553. The van der Waals surface area contributed by atoms with Crippen LogP contribution in [0.15, 0.2) is 5.38 Å². The lowest BCUT2D eigenvalue weighted by molar-refractivity contribution is 0.205. The highest BCUT2D eigenvalue weighted by atomic mass is 35.5. The van der Waals surface area contributed by atoms with Crippen LogP contribution < -0.4 is 5.32 Å². The first-order chi connectivity index (χ1) is 5.74. The number of hydrogen-bond donors (Lipinski definition) is 1. The molecule has 1 aromatic heterocycles. The number of nitrogens with zero attached hydrogens (tertiary/aromatic N) is 2. The summed E-state index contributed by atoms with van der Waals surface area (Å²) in [6.45, 7) is 2.19. The fraction of sp³-hybridized carbons (Fsp3) is 0.571. The van der Waals surface area contributed by atoms with E-state index in [1.54, 1.807) is 11.3 Å². The van der Waals surface area contributed by atoms with E-state index in [4.69, 9.17) is 11.6 Å². The molecule has 2 heterocycles. The van der Waals surface area contributed by atoms with Crippen LogP contribution in [0.4, 0.5) is 5.13 Å². The summed E-state index contributed by atoms with van der Waals surface area (Å²) in [6, 6.07) is 0.553. The Morgan fingerprint density at radius 3 is 3.00 bits per heavy atom. The Kier molecular flexibility index (Phi) is 2.21. The van der Waals surface area contributed by atoms with Gasteiger partial charge in [-0.2, -0.15) is 0 Å². The van der Waals surface area contributed by atoms with E-state index in [0.29, 0.717) is 11.2 Å². The molecule has 0 unspecified atom stereocenters. The lowest BCUT2D eigenvalue weighted by Gasteiger charge is -2.36. The minimum absolute atomic E-state index is 0.553. The number of likely N-dealkylation sites (N-methyl/N-ethyl adjacent to an activating group) is 1. The number of rotatable bonds is 2. The van der Waals surface area contributed by atoms with Gasteiger partial charge in [-0.05, 0) is 7.05 Å². The highest BCUT2D eigenvalue weighted by molar-refractivity contribution is 7.14. The minimum Gasteiger partial charge on any atom is -0.356 e. The average Bonchev–Trinajstić information content (AvgIpc) is 2.33. The molecule has 1 aliphatic rings. The Hall–Kier alpha value is -0.320. The molecule has 0 amide bonds. The largest absolute Gasteiger partial charge is 0.356 e. The lowest BCUT2D eigenvalue weighted by Crippen LogP contribution is -2.52.